The molecule has 1 saturated carbocycles. The molecule has 0 saturated heterocycles. The van der Waals surface area contributed by atoms with E-state index in [4.69, 9.17) is 9.15 Å². The molecular formula is C13H22N2O4S. The quantitative estimate of drug-likeness (QED) is 0.792. The van der Waals surface area contributed by atoms with Gasteiger partial charge in [0.2, 0.25) is 5.09 Å². The average Bonchev–Trinajstić information content (AvgIpc) is 3.04. The van der Waals surface area contributed by atoms with Gasteiger partial charge in [-0.3, -0.25) is 0 Å². The van der Waals surface area contributed by atoms with Gasteiger partial charge in [0, 0.05) is 13.2 Å². The van der Waals surface area contributed by atoms with Gasteiger partial charge in [-0.1, -0.05) is 6.92 Å². The maximum Gasteiger partial charge on any atom is 0.274 e. The predicted molar refractivity (Wildman–Crippen MR) is 74.8 cm³/mol. The second-order valence-electron chi connectivity index (χ2n) is 4.99. The zero-order valence-corrected chi connectivity index (χ0v) is 12.7. The molecule has 1 aliphatic rings. The minimum absolute atomic E-state index is 0.0220. The molecule has 1 aromatic rings. The number of ether oxygens (including phenoxy) is 1. The summed E-state index contributed by atoms with van der Waals surface area (Å²) in [4.78, 5) is 0. The topological polar surface area (TPSA) is 80.6 Å². The fraction of sp³-hybridized carbons (Fsp3) is 0.692. The third-order valence-electron chi connectivity index (χ3n) is 3.49. The van der Waals surface area contributed by atoms with Crippen molar-refractivity contribution < 1.29 is 17.6 Å². The number of nitrogens with one attached hydrogen (secondary N) is 2. The number of furan rings is 1. The third kappa shape index (κ3) is 3.82. The lowest BCUT2D eigenvalue weighted by Crippen LogP contribution is -2.33. The summed E-state index contributed by atoms with van der Waals surface area (Å²) in [5, 5.41) is 3.07. The SMILES string of the molecule is CCNCc1ccc(S(=O)(=O)NC2CCC(OC)C2)o1. The van der Waals surface area contributed by atoms with Crippen LogP contribution in [0.3, 0.4) is 0 Å². The van der Waals surface area contributed by atoms with Gasteiger partial charge in [-0.15, -0.1) is 0 Å². The standard InChI is InChI=1S/C13H22N2O4S/c1-3-14-9-12-6-7-13(19-12)20(16,17)15-10-4-5-11(8-10)18-2/h6-7,10-11,14-15H,3-5,8-9H2,1-2H3. The number of rotatable bonds is 7. The van der Waals surface area contributed by atoms with Crippen LogP contribution in [-0.2, 0) is 21.3 Å². The largest absolute Gasteiger partial charge is 0.447 e. The van der Waals surface area contributed by atoms with E-state index in [1.165, 1.54) is 6.07 Å². The van der Waals surface area contributed by atoms with Crippen molar-refractivity contribution in [1.29, 1.82) is 0 Å². The Balaban J connectivity index is 1.98. The summed E-state index contributed by atoms with van der Waals surface area (Å²) in [5.74, 6) is 0.619. The molecule has 0 bridgehead atoms. The van der Waals surface area contributed by atoms with Crippen LogP contribution in [0.25, 0.3) is 0 Å². The summed E-state index contributed by atoms with van der Waals surface area (Å²) >= 11 is 0. The Kier molecular flexibility index (Phi) is 5.20. The molecule has 2 N–H and O–H groups in total. The van der Waals surface area contributed by atoms with Crippen molar-refractivity contribution >= 4 is 10.0 Å². The summed E-state index contributed by atoms with van der Waals surface area (Å²) in [7, 11) is -1.93. The van der Waals surface area contributed by atoms with Crippen molar-refractivity contribution in [2.24, 2.45) is 0 Å². The van der Waals surface area contributed by atoms with Crippen LogP contribution >= 0.6 is 0 Å². The molecule has 0 amide bonds. The first-order valence-electron chi connectivity index (χ1n) is 6.89. The highest BCUT2D eigenvalue weighted by Crippen LogP contribution is 2.23. The van der Waals surface area contributed by atoms with Crippen LogP contribution in [0.2, 0.25) is 0 Å². The predicted octanol–water partition coefficient (Wildman–Crippen LogP) is 1.23. The lowest BCUT2D eigenvalue weighted by molar-refractivity contribution is 0.107. The van der Waals surface area contributed by atoms with Gasteiger partial charge in [0.05, 0.1) is 12.6 Å². The van der Waals surface area contributed by atoms with Gasteiger partial charge in [-0.05, 0) is 37.9 Å². The van der Waals surface area contributed by atoms with Crippen molar-refractivity contribution in [3.8, 4) is 0 Å². The van der Waals surface area contributed by atoms with E-state index in [0.29, 0.717) is 18.7 Å². The lowest BCUT2D eigenvalue weighted by Gasteiger charge is -2.11. The highest BCUT2D eigenvalue weighted by molar-refractivity contribution is 7.89. The molecule has 20 heavy (non-hydrogen) atoms. The molecular weight excluding hydrogens is 280 g/mol. The Hall–Kier alpha value is -0.890. The van der Waals surface area contributed by atoms with E-state index < -0.39 is 10.0 Å². The van der Waals surface area contributed by atoms with Crippen LogP contribution in [0, 0.1) is 0 Å². The van der Waals surface area contributed by atoms with Crippen molar-refractivity contribution in [1.82, 2.24) is 10.0 Å². The van der Waals surface area contributed by atoms with Crippen LogP contribution < -0.4 is 10.0 Å². The molecule has 2 atom stereocenters. The minimum Gasteiger partial charge on any atom is -0.447 e. The van der Waals surface area contributed by atoms with Crippen LogP contribution in [0.5, 0.6) is 0 Å². The zero-order chi connectivity index (χ0) is 14.6. The summed E-state index contributed by atoms with van der Waals surface area (Å²) in [6, 6.07) is 3.11. The Morgan fingerprint density at radius 2 is 2.20 bits per heavy atom. The first-order valence-corrected chi connectivity index (χ1v) is 8.38. The normalized spacial score (nSPS) is 23.3. The van der Waals surface area contributed by atoms with E-state index in [1.807, 2.05) is 6.92 Å². The second kappa shape index (κ2) is 6.71. The highest BCUT2D eigenvalue weighted by Gasteiger charge is 2.30. The molecule has 114 valence electrons. The summed E-state index contributed by atoms with van der Waals surface area (Å²) in [5.41, 5.74) is 0. The summed E-state index contributed by atoms with van der Waals surface area (Å²) < 4.78 is 37.7. The number of sulfonamides is 1. The van der Waals surface area contributed by atoms with Crippen LogP contribution in [0.4, 0.5) is 0 Å². The third-order valence-corrected chi connectivity index (χ3v) is 4.88. The van der Waals surface area contributed by atoms with Crippen LogP contribution in [-0.4, -0.2) is 34.2 Å². The van der Waals surface area contributed by atoms with E-state index in [0.717, 1.165) is 19.4 Å². The van der Waals surface area contributed by atoms with Gasteiger partial charge in [-0.2, -0.15) is 0 Å². The highest BCUT2D eigenvalue weighted by atomic mass is 32.2. The number of methoxy groups -OCH3 is 1. The summed E-state index contributed by atoms with van der Waals surface area (Å²) in [6.45, 7) is 3.32. The minimum atomic E-state index is -3.58. The molecule has 7 heteroatoms. The summed E-state index contributed by atoms with van der Waals surface area (Å²) in [6.07, 6.45) is 2.53. The van der Waals surface area contributed by atoms with Gasteiger partial charge < -0.3 is 14.5 Å². The van der Waals surface area contributed by atoms with Gasteiger partial charge in [0.1, 0.15) is 5.76 Å². The van der Waals surface area contributed by atoms with Gasteiger partial charge in [-0.25, -0.2) is 13.1 Å². The molecule has 0 spiro atoms. The number of hydrogen-bond acceptors (Lipinski definition) is 5. The molecule has 2 rings (SSSR count). The fourth-order valence-corrected chi connectivity index (χ4v) is 3.62. The first kappa shape index (κ1) is 15.5. The molecule has 0 radical (unpaired) electrons. The van der Waals surface area contributed by atoms with E-state index in [2.05, 4.69) is 10.0 Å². The molecule has 0 aromatic carbocycles. The average molecular weight is 302 g/mol. The van der Waals surface area contributed by atoms with Gasteiger partial charge >= 0.3 is 0 Å². The molecule has 1 heterocycles. The van der Waals surface area contributed by atoms with Crippen molar-refractivity contribution in [2.75, 3.05) is 13.7 Å². The molecule has 2 unspecified atom stereocenters. The molecule has 6 nitrogen and oxygen atoms in total. The lowest BCUT2D eigenvalue weighted by atomic mass is 10.3. The molecule has 1 aromatic heterocycles. The van der Waals surface area contributed by atoms with E-state index in [-0.39, 0.29) is 17.2 Å². The van der Waals surface area contributed by atoms with Gasteiger partial charge in [0.15, 0.2) is 0 Å². The Morgan fingerprint density at radius 1 is 1.40 bits per heavy atom. The molecule has 1 aliphatic carbocycles. The van der Waals surface area contributed by atoms with Crippen LogP contribution in [0.1, 0.15) is 31.9 Å². The Morgan fingerprint density at radius 3 is 2.85 bits per heavy atom. The van der Waals surface area contributed by atoms with Crippen molar-refractivity contribution in [3.05, 3.63) is 17.9 Å². The monoisotopic (exact) mass is 302 g/mol. The Labute approximate surface area is 119 Å². The van der Waals surface area contributed by atoms with Crippen molar-refractivity contribution in [2.45, 2.75) is 50.0 Å². The number of hydrogen-bond donors (Lipinski definition) is 2. The van der Waals surface area contributed by atoms with E-state index in [1.54, 1.807) is 13.2 Å². The van der Waals surface area contributed by atoms with E-state index >= 15 is 0 Å². The smallest absolute Gasteiger partial charge is 0.274 e. The molecule has 0 aliphatic heterocycles. The van der Waals surface area contributed by atoms with Gasteiger partial charge in [0.25, 0.3) is 10.0 Å². The van der Waals surface area contributed by atoms with E-state index in [9.17, 15) is 8.42 Å². The first-order chi connectivity index (χ1) is 9.55. The van der Waals surface area contributed by atoms with Crippen molar-refractivity contribution in [3.63, 3.8) is 0 Å². The molecule has 1 fully saturated rings. The maximum atomic E-state index is 12.2. The fourth-order valence-electron chi connectivity index (χ4n) is 2.38. The van der Waals surface area contributed by atoms with Crippen LogP contribution in [0.15, 0.2) is 21.6 Å². The second-order valence-corrected chi connectivity index (χ2v) is 6.63. The zero-order valence-electron chi connectivity index (χ0n) is 11.9. The Bertz CT molecular complexity index is 526. The maximum absolute atomic E-state index is 12.2.